The second-order valence-electron chi connectivity index (χ2n) is 6.93. The van der Waals surface area contributed by atoms with Crippen LogP contribution in [0.15, 0.2) is 12.5 Å². The average Bonchev–Trinajstić information content (AvgIpc) is 3.25. The number of fused-ring (bicyclic) bond motifs is 1. The summed E-state index contributed by atoms with van der Waals surface area (Å²) in [6, 6.07) is 0. The number of carbonyl (C=O) groups excluding carboxylic acids is 1. The predicted molar refractivity (Wildman–Crippen MR) is 91.7 cm³/mol. The van der Waals surface area contributed by atoms with Crippen LogP contribution in [-0.2, 0) is 11.8 Å². The smallest absolute Gasteiger partial charge is 0.222 e. The normalized spacial score (nSPS) is 19.4. The highest BCUT2D eigenvalue weighted by atomic mass is 16.2. The highest BCUT2D eigenvalue weighted by Gasteiger charge is 2.26. The third-order valence-corrected chi connectivity index (χ3v) is 5.38. The number of anilines is 1. The molecule has 4 rings (SSSR count). The lowest BCUT2D eigenvalue weighted by Gasteiger charge is -2.36. The van der Waals surface area contributed by atoms with Gasteiger partial charge in [-0.25, -0.2) is 9.97 Å². The van der Waals surface area contributed by atoms with Gasteiger partial charge >= 0.3 is 0 Å². The molecule has 2 aromatic rings. The van der Waals surface area contributed by atoms with Crippen LogP contribution in [0.4, 0.5) is 5.82 Å². The highest BCUT2D eigenvalue weighted by Crippen LogP contribution is 2.28. The molecule has 2 fully saturated rings. The van der Waals surface area contributed by atoms with E-state index in [0.717, 1.165) is 49.5 Å². The van der Waals surface area contributed by atoms with Gasteiger partial charge in [0.2, 0.25) is 5.91 Å². The van der Waals surface area contributed by atoms with Crippen molar-refractivity contribution in [1.82, 2.24) is 24.6 Å². The van der Waals surface area contributed by atoms with Crippen LogP contribution in [0.1, 0.15) is 32.1 Å². The van der Waals surface area contributed by atoms with Crippen molar-refractivity contribution in [1.29, 1.82) is 0 Å². The Morgan fingerprint density at radius 2 is 1.92 bits per heavy atom. The fourth-order valence-corrected chi connectivity index (χ4v) is 3.96. The number of nitrogens with zero attached hydrogens (tertiary/aromatic N) is 6. The van der Waals surface area contributed by atoms with Crippen LogP contribution in [0.2, 0.25) is 0 Å². The maximum atomic E-state index is 12.5. The van der Waals surface area contributed by atoms with E-state index >= 15 is 0 Å². The van der Waals surface area contributed by atoms with E-state index in [4.69, 9.17) is 0 Å². The van der Waals surface area contributed by atoms with Crippen LogP contribution < -0.4 is 4.90 Å². The van der Waals surface area contributed by atoms with E-state index < -0.39 is 0 Å². The molecule has 2 aliphatic rings. The number of hydrogen-bond acceptors (Lipinski definition) is 5. The van der Waals surface area contributed by atoms with Gasteiger partial charge in [-0.1, -0.05) is 12.8 Å². The molecule has 0 spiro atoms. The number of amides is 1. The van der Waals surface area contributed by atoms with Crippen LogP contribution in [-0.4, -0.2) is 56.7 Å². The first kappa shape index (κ1) is 15.4. The van der Waals surface area contributed by atoms with E-state index in [1.165, 1.54) is 25.7 Å². The number of piperazine rings is 1. The van der Waals surface area contributed by atoms with Crippen molar-refractivity contribution in [2.45, 2.75) is 32.1 Å². The van der Waals surface area contributed by atoms with Gasteiger partial charge in [0.25, 0.3) is 0 Å². The first-order chi connectivity index (χ1) is 11.7. The van der Waals surface area contributed by atoms with Crippen LogP contribution in [0.5, 0.6) is 0 Å². The molecule has 0 atom stereocenters. The zero-order valence-electron chi connectivity index (χ0n) is 14.2. The minimum absolute atomic E-state index is 0.329. The van der Waals surface area contributed by atoms with Gasteiger partial charge in [-0.05, 0) is 18.8 Å². The summed E-state index contributed by atoms with van der Waals surface area (Å²) < 4.78 is 1.77. The van der Waals surface area contributed by atoms with Gasteiger partial charge in [0.15, 0.2) is 5.65 Å². The molecular formula is C17H24N6O. The molecule has 0 unspecified atom stereocenters. The topological polar surface area (TPSA) is 67.2 Å². The Morgan fingerprint density at radius 3 is 2.67 bits per heavy atom. The Labute approximate surface area is 141 Å². The van der Waals surface area contributed by atoms with E-state index in [9.17, 15) is 4.79 Å². The van der Waals surface area contributed by atoms with Crippen LogP contribution in [0, 0.1) is 5.92 Å². The van der Waals surface area contributed by atoms with Gasteiger partial charge in [-0.15, -0.1) is 0 Å². The van der Waals surface area contributed by atoms with Gasteiger partial charge in [0.05, 0.1) is 11.6 Å². The maximum Gasteiger partial charge on any atom is 0.222 e. The standard InChI is InChI=1S/C17H24N6O/c1-21-16-14(11-20-21)17(19-12-18-16)23-8-6-22(7-9-23)15(24)10-13-4-2-3-5-13/h11-13H,2-10H2,1H3. The zero-order chi connectivity index (χ0) is 16.5. The largest absolute Gasteiger partial charge is 0.352 e. The molecule has 2 aromatic heterocycles. The second-order valence-corrected chi connectivity index (χ2v) is 6.93. The Kier molecular flexibility index (Phi) is 4.08. The van der Waals surface area contributed by atoms with Gasteiger partial charge in [0, 0.05) is 39.6 Å². The van der Waals surface area contributed by atoms with Crippen molar-refractivity contribution in [3.05, 3.63) is 12.5 Å². The van der Waals surface area contributed by atoms with Crippen LogP contribution in [0.3, 0.4) is 0 Å². The predicted octanol–water partition coefficient (Wildman–Crippen LogP) is 1.59. The summed E-state index contributed by atoms with van der Waals surface area (Å²) in [6.07, 6.45) is 9.19. The molecule has 0 radical (unpaired) electrons. The molecule has 24 heavy (non-hydrogen) atoms. The van der Waals surface area contributed by atoms with Crippen molar-refractivity contribution in [2.75, 3.05) is 31.1 Å². The van der Waals surface area contributed by atoms with E-state index in [1.54, 1.807) is 11.0 Å². The fraction of sp³-hybridized carbons (Fsp3) is 0.647. The number of aryl methyl sites for hydroxylation is 1. The molecule has 1 saturated carbocycles. The van der Waals surface area contributed by atoms with E-state index in [-0.39, 0.29) is 0 Å². The van der Waals surface area contributed by atoms with E-state index in [1.807, 2.05) is 18.1 Å². The molecule has 1 saturated heterocycles. The SMILES string of the molecule is Cn1ncc2c(N3CCN(C(=O)CC4CCCC4)CC3)ncnc21. The van der Waals surface area contributed by atoms with Crippen LogP contribution >= 0.6 is 0 Å². The number of aromatic nitrogens is 4. The Hall–Kier alpha value is -2.18. The summed E-state index contributed by atoms with van der Waals surface area (Å²) in [7, 11) is 1.89. The minimum atomic E-state index is 0.329. The molecule has 0 aromatic carbocycles. The van der Waals surface area contributed by atoms with Crippen molar-refractivity contribution < 1.29 is 4.79 Å². The maximum absolute atomic E-state index is 12.5. The lowest BCUT2D eigenvalue weighted by Crippen LogP contribution is -2.49. The first-order valence-corrected chi connectivity index (χ1v) is 8.88. The minimum Gasteiger partial charge on any atom is -0.352 e. The Morgan fingerprint density at radius 1 is 1.17 bits per heavy atom. The van der Waals surface area contributed by atoms with Gasteiger partial charge in [0.1, 0.15) is 12.1 Å². The summed E-state index contributed by atoms with van der Waals surface area (Å²) in [5.74, 6) is 1.87. The molecule has 1 aliphatic heterocycles. The third-order valence-electron chi connectivity index (χ3n) is 5.38. The van der Waals surface area contributed by atoms with Gasteiger partial charge in [-0.3, -0.25) is 9.48 Å². The second kappa shape index (κ2) is 6.37. The van der Waals surface area contributed by atoms with Gasteiger partial charge < -0.3 is 9.80 Å². The molecule has 1 aliphatic carbocycles. The van der Waals surface area contributed by atoms with Crippen LogP contribution in [0.25, 0.3) is 11.0 Å². The Bertz CT molecular complexity index is 728. The van der Waals surface area contributed by atoms with Crippen molar-refractivity contribution in [2.24, 2.45) is 13.0 Å². The lowest BCUT2D eigenvalue weighted by molar-refractivity contribution is -0.132. The first-order valence-electron chi connectivity index (χ1n) is 8.88. The van der Waals surface area contributed by atoms with Crippen molar-refractivity contribution in [3.63, 3.8) is 0 Å². The summed E-state index contributed by atoms with van der Waals surface area (Å²) in [5.41, 5.74) is 0.847. The highest BCUT2D eigenvalue weighted by molar-refractivity contribution is 5.86. The molecule has 0 N–H and O–H groups in total. The van der Waals surface area contributed by atoms with Crippen molar-refractivity contribution in [3.8, 4) is 0 Å². The summed E-state index contributed by atoms with van der Waals surface area (Å²) in [4.78, 5) is 25.5. The lowest BCUT2D eigenvalue weighted by atomic mass is 10.0. The molecule has 7 heteroatoms. The summed E-state index contributed by atoms with van der Waals surface area (Å²) in [6.45, 7) is 3.18. The van der Waals surface area contributed by atoms with E-state index in [0.29, 0.717) is 11.8 Å². The molecular weight excluding hydrogens is 304 g/mol. The van der Waals surface area contributed by atoms with Crippen molar-refractivity contribution >= 4 is 22.8 Å². The fourth-order valence-electron chi connectivity index (χ4n) is 3.96. The quantitative estimate of drug-likeness (QED) is 0.856. The molecule has 1 amide bonds. The third kappa shape index (κ3) is 2.83. The Balaban J connectivity index is 1.41. The number of carbonyl (C=O) groups is 1. The summed E-state index contributed by atoms with van der Waals surface area (Å²) in [5, 5.41) is 5.25. The van der Waals surface area contributed by atoms with Gasteiger partial charge in [-0.2, -0.15) is 5.10 Å². The molecule has 7 nitrogen and oxygen atoms in total. The molecule has 0 bridgehead atoms. The monoisotopic (exact) mass is 328 g/mol. The summed E-state index contributed by atoms with van der Waals surface area (Å²) >= 11 is 0. The average molecular weight is 328 g/mol. The molecule has 128 valence electrons. The number of rotatable bonds is 3. The molecule has 3 heterocycles. The van der Waals surface area contributed by atoms with E-state index in [2.05, 4.69) is 20.0 Å². The zero-order valence-corrected chi connectivity index (χ0v) is 14.2. The number of hydrogen-bond donors (Lipinski definition) is 0.